The molecule has 0 atom stereocenters. The summed E-state index contributed by atoms with van der Waals surface area (Å²) in [6, 6.07) is 7.86. The highest BCUT2D eigenvalue weighted by atomic mass is 32.2. The van der Waals surface area contributed by atoms with Crippen molar-refractivity contribution in [2.75, 3.05) is 28.6 Å². The van der Waals surface area contributed by atoms with Crippen molar-refractivity contribution in [1.29, 1.82) is 0 Å². The molecule has 2 aromatic carbocycles. The summed E-state index contributed by atoms with van der Waals surface area (Å²) in [6.45, 7) is 0.151. The molecule has 0 bridgehead atoms. The molecule has 1 heterocycles. The predicted molar refractivity (Wildman–Crippen MR) is 98.6 cm³/mol. The number of nitrogens with zero attached hydrogens (tertiary/aromatic N) is 2. The van der Waals surface area contributed by atoms with E-state index in [1.165, 1.54) is 31.3 Å². The summed E-state index contributed by atoms with van der Waals surface area (Å²) in [5.41, 5.74) is 0.208. The summed E-state index contributed by atoms with van der Waals surface area (Å²) >= 11 is 0. The highest BCUT2D eigenvalue weighted by Crippen LogP contribution is 2.37. The Hall–Kier alpha value is -2.68. The van der Waals surface area contributed by atoms with Crippen LogP contribution in [-0.2, 0) is 10.0 Å². The van der Waals surface area contributed by atoms with Crippen molar-refractivity contribution in [2.45, 2.75) is 12.8 Å². The van der Waals surface area contributed by atoms with Crippen LogP contribution in [0.3, 0.4) is 0 Å². The van der Waals surface area contributed by atoms with E-state index in [4.69, 9.17) is 5.11 Å². The molecule has 2 aromatic rings. The second-order valence-corrected chi connectivity index (χ2v) is 8.25. The van der Waals surface area contributed by atoms with Crippen molar-refractivity contribution >= 4 is 27.5 Å². The summed E-state index contributed by atoms with van der Waals surface area (Å²) in [5, 5.41) is 8.99. The van der Waals surface area contributed by atoms with Gasteiger partial charge in [0.15, 0.2) is 0 Å². The minimum atomic E-state index is -3.66. The van der Waals surface area contributed by atoms with Gasteiger partial charge >= 0.3 is 6.09 Å². The Morgan fingerprint density at radius 2 is 1.89 bits per heavy atom. The number of carboxylic acid groups (broad SMARTS) is 1. The van der Waals surface area contributed by atoms with Crippen molar-refractivity contribution in [2.24, 2.45) is 0 Å². The zero-order chi connectivity index (χ0) is 19.8. The molecule has 6 nitrogen and oxygen atoms in total. The molecule has 3 rings (SSSR count). The van der Waals surface area contributed by atoms with Crippen LogP contribution < -0.4 is 9.21 Å². The SMILES string of the molecule is CN(C(=O)O)c1ccc(-c2cccc(F)c2N2CCCCS2(=O)=O)cc1F. The molecule has 0 unspecified atom stereocenters. The maximum absolute atomic E-state index is 14.6. The molecule has 144 valence electrons. The highest BCUT2D eigenvalue weighted by Gasteiger charge is 2.30. The average Bonchev–Trinajstić information content (AvgIpc) is 2.61. The first kappa shape index (κ1) is 19.1. The first-order chi connectivity index (χ1) is 12.7. The molecule has 1 N–H and O–H groups in total. The lowest BCUT2D eigenvalue weighted by Crippen LogP contribution is -2.38. The van der Waals surface area contributed by atoms with E-state index >= 15 is 0 Å². The number of hydrogen-bond acceptors (Lipinski definition) is 3. The molecule has 1 fully saturated rings. The minimum absolute atomic E-state index is 0.0719. The predicted octanol–water partition coefficient (Wildman–Crippen LogP) is 3.68. The Labute approximate surface area is 155 Å². The molecule has 0 saturated carbocycles. The molecule has 0 aliphatic carbocycles. The fraction of sp³-hybridized carbons (Fsp3) is 0.278. The number of hydrogen-bond donors (Lipinski definition) is 1. The fourth-order valence-electron chi connectivity index (χ4n) is 3.09. The third-order valence-electron chi connectivity index (χ3n) is 4.49. The quantitative estimate of drug-likeness (QED) is 0.859. The second-order valence-electron chi connectivity index (χ2n) is 6.24. The molecule has 0 spiro atoms. The van der Waals surface area contributed by atoms with Gasteiger partial charge in [-0.25, -0.2) is 22.0 Å². The van der Waals surface area contributed by atoms with E-state index in [-0.39, 0.29) is 34.8 Å². The van der Waals surface area contributed by atoms with Crippen LogP contribution in [-0.4, -0.2) is 39.0 Å². The summed E-state index contributed by atoms with van der Waals surface area (Å²) in [7, 11) is -2.46. The van der Waals surface area contributed by atoms with E-state index in [1.54, 1.807) is 0 Å². The van der Waals surface area contributed by atoms with Gasteiger partial charge in [-0.1, -0.05) is 18.2 Å². The third-order valence-corrected chi connectivity index (χ3v) is 6.33. The Bertz CT molecular complexity index is 995. The van der Waals surface area contributed by atoms with Crippen LogP contribution in [0.2, 0.25) is 0 Å². The van der Waals surface area contributed by atoms with E-state index in [9.17, 15) is 22.0 Å². The van der Waals surface area contributed by atoms with Gasteiger partial charge < -0.3 is 5.11 Å². The van der Waals surface area contributed by atoms with Gasteiger partial charge in [-0.3, -0.25) is 9.21 Å². The van der Waals surface area contributed by atoms with Crippen molar-refractivity contribution in [3.8, 4) is 11.1 Å². The van der Waals surface area contributed by atoms with Crippen molar-refractivity contribution in [3.63, 3.8) is 0 Å². The number of para-hydroxylation sites is 1. The first-order valence-electron chi connectivity index (χ1n) is 8.28. The van der Waals surface area contributed by atoms with Gasteiger partial charge in [0.1, 0.15) is 11.6 Å². The largest absolute Gasteiger partial charge is 0.465 e. The number of carbonyl (C=O) groups is 1. The van der Waals surface area contributed by atoms with E-state index in [0.29, 0.717) is 12.8 Å². The molecule has 27 heavy (non-hydrogen) atoms. The molecular weight excluding hydrogens is 378 g/mol. The number of halogens is 2. The zero-order valence-electron chi connectivity index (χ0n) is 14.5. The van der Waals surface area contributed by atoms with E-state index in [1.807, 2.05) is 0 Å². The molecule has 0 aromatic heterocycles. The molecular formula is C18H18F2N2O4S. The molecule has 1 saturated heterocycles. The number of amides is 1. The lowest BCUT2D eigenvalue weighted by molar-refractivity contribution is 0.203. The van der Waals surface area contributed by atoms with Gasteiger partial charge in [0, 0.05) is 19.2 Å². The Morgan fingerprint density at radius 1 is 1.15 bits per heavy atom. The Kier molecular flexibility index (Phi) is 5.05. The lowest BCUT2D eigenvalue weighted by Gasteiger charge is -2.30. The van der Waals surface area contributed by atoms with E-state index in [0.717, 1.165) is 21.3 Å². The maximum atomic E-state index is 14.6. The molecule has 1 aliphatic rings. The van der Waals surface area contributed by atoms with Crippen LogP contribution in [0.5, 0.6) is 0 Å². The summed E-state index contributed by atoms with van der Waals surface area (Å²) in [4.78, 5) is 11.7. The van der Waals surface area contributed by atoms with Crippen LogP contribution in [0.25, 0.3) is 11.1 Å². The molecule has 1 amide bonds. The normalized spacial score (nSPS) is 16.2. The smallest absolute Gasteiger partial charge is 0.411 e. The third kappa shape index (κ3) is 3.59. The van der Waals surface area contributed by atoms with Gasteiger partial charge in [0.05, 0.1) is 17.1 Å². The number of rotatable bonds is 3. The maximum Gasteiger partial charge on any atom is 0.411 e. The Balaban J connectivity index is 2.12. The Morgan fingerprint density at radius 3 is 2.52 bits per heavy atom. The molecule has 9 heteroatoms. The number of anilines is 2. The monoisotopic (exact) mass is 396 g/mol. The summed E-state index contributed by atoms with van der Waals surface area (Å²) in [6.07, 6.45) is -0.218. The summed E-state index contributed by atoms with van der Waals surface area (Å²) in [5.74, 6) is -1.60. The number of sulfonamides is 1. The topological polar surface area (TPSA) is 77.9 Å². The second kappa shape index (κ2) is 7.15. The van der Waals surface area contributed by atoms with Gasteiger partial charge in [-0.2, -0.15) is 0 Å². The fourth-order valence-corrected chi connectivity index (χ4v) is 4.75. The van der Waals surface area contributed by atoms with Crippen LogP contribution >= 0.6 is 0 Å². The van der Waals surface area contributed by atoms with E-state index < -0.39 is 27.8 Å². The van der Waals surface area contributed by atoms with Crippen LogP contribution in [0.4, 0.5) is 25.0 Å². The average molecular weight is 396 g/mol. The van der Waals surface area contributed by atoms with Gasteiger partial charge in [0.2, 0.25) is 10.0 Å². The van der Waals surface area contributed by atoms with Crippen molar-refractivity contribution < 1.29 is 27.1 Å². The zero-order valence-corrected chi connectivity index (χ0v) is 15.3. The van der Waals surface area contributed by atoms with E-state index in [2.05, 4.69) is 0 Å². The van der Waals surface area contributed by atoms with Crippen molar-refractivity contribution in [3.05, 3.63) is 48.0 Å². The van der Waals surface area contributed by atoms with Crippen LogP contribution in [0, 0.1) is 11.6 Å². The van der Waals surface area contributed by atoms with Crippen molar-refractivity contribution in [1.82, 2.24) is 0 Å². The van der Waals surface area contributed by atoms with Gasteiger partial charge in [-0.15, -0.1) is 0 Å². The van der Waals surface area contributed by atoms with Crippen LogP contribution in [0.1, 0.15) is 12.8 Å². The lowest BCUT2D eigenvalue weighted by atomic mass is 10.0. The molecule has 1 aliphatic heterocycles. The molecule has 0 radical (unpaired) electrons. The van der Waals surface area contributed by atoms with Crippen LogP contribution in [0.15, 0.2) is 36.4 Å². The van der Waals surface area contributed by atoms with Gasteiger partial charge in [-0.05, 0) is 36.6 Å². The number of benzene rings is 2. The first-order valence-corrected chi connectivity index (χ1v) is 9.89. The summed E-state index contributed by atoms with van der Waals surface area (Å²) < 4.78 is 54.9. The van der Waals surface area contributed by atoms with Gasteiger partial charge in [0.25, 0.3) is 0 Å². The minimum Gasteiger partial charge on any atom is -0.465 e. The standard InChI is InChI=1S/C18H18F2N2O4S/c1-21(18(23)24)16-8-7-12(11-15(16)20)13-5-4-6-14(19)17(13)22-9-2-3-10-27(22,25)26/h4-8,11H,2-3,9-10H2,1H3,(H,23,24). The highest BCUT2D eigenvalue weighted by molar-refractivity contribution is 7.92.